The maximum absolute atomic E-state index is 12.4. The van der Waals surface area contributed by atoms with Gasteiger partial charge < -0.3 is 9.84 Å². The van der Waals surface area contributed by atoms with E-state index in [1.165, 1.54) is 23.5 Å². The molecule has 1 saturated heterocycles. The van der Waals surface area contributed by atoms with Crippen molar-refractivity contribution in [3.8, 4) is 11.5 Å². The third-order valence-corrected chi connectivity index (χ3v) is 5.13. The van der Waals surface area contributed by atoms with Crippen molar-refractivity contribution in [3.63, 3.8) is 0 Å². The molecule has 20 heavy (non-hydrogen) atoms. The highest BCUT2D eigenvalue weighted by Crippen LogP contribution is 2.30. The van der Waals surface area contributed by atoms with Crippen molar-refractivity contribution in [2.75, 3.05) is 18.4 Å². The number of phenolic OH excluding ortho intramolecular Hbond substituents is 1. The third-order valence-electron chi connectivity index (χ3n) is 3.49. The van der Waals surface area contributed by atoms with Gasteiger partial charge in [0.05, 0.1) is 12.8 Å². The van der Waals surface area contributed by atoms with E-state index >= 15 is 0 Å². The van der Waals surface area contributed by atoms with E-state index in [9.17, 15) is 13.5 Å². The average Bonchev–Trinajstić information content (AvgIpc) is 2.41. The highest BCUT2D eigenvalue weighted by Gasteiger charge is 2.30. The number of aromatic hydroxyl groups is 1. The van der Waals surface area contributed by atoms with E-state index in [1.54, 1.807) is 6.07 Å². The predicted molar refractivity (Wildman–Crippen MR) is 77.2 cm³/mol. The lowest BCUT2D eigenvalue weighted by Gasteiger charge is -2.32. The van der Waals surface area contributed by atoms with Gasteiger partial charge in [-0.1, -0.05) is 6.42 Å². The molecule has 0 aliphatic carbocycles. The molecule has 0 bridgehead atoms. The molecule has 1 aliphatic rings. The summed E-state index contributed by atoms with van der Waals surface area (Å²) in [5.74, 6) is 0.353. The van der Waals surface area contributed by atoms with Crippen molar-refractivity contribution in [2.45, 2.75) is 32.2 Å². The Bertz CT molecular complexity index is 574. The van der Waals surface area contributed by atoms with E-state index in [1.807, 2.05) is 6.92 Å². The molecule has 0 saturated carbocycles. The van der Waals surface area contributed by atoms with Crippen LogP contribution in [0.2, 0.25) is 0 Å². The number of rotatable bonds is 4. The fraction of sp³-hybridized carbons (Fsp3) is 0.538. The zero-order valence-corrected chi connectivity index (χ0v) is 12.5. The largest absolute Gasteiger partial charge is 0.506 e. The zero-order chi connectivity index (χ0) is 14.8. The van der Waals surface area contributed by atoms with Gasteiger partial charge in [0.15, 0.2) is 0 Å². The number of hydrogen-bond donors (Lipinski definition) is 2. The number of piperidine rings is 1. The second-order valence-electron chi connectivity index (χ2n) is 4.95. The van der Waals surface area contributed by atoms with Gasteiger partial charge in [-0.25, -0.2) is 0 Å². The van der Waals surface area contributed by atoms with Crippen LogP contribution in [0, 0.1) is 0 Å². The quantitative estimate of drug-likeness (QED) is 0.833. The summed E-state index contributed by atoms with van der Waals surface area (Å²) in [6.45, 7) is 2.39. The second-order valence-corrected chi connectivity index (χ2v) is 6.57. The van der Waals surface area contributed by atoms with E-state index < -0.39 is 10.2 Å². The Morgan fingerprint density at radius 1 is 1.40 bits per heavy atom. The summed E-state index contributed by atoms with van der Waals surface area (Å²) in [6, 6.07) is 4.39. The number of benzene rings is 1. The van der Waals surface area contributed by atoms with Gasteiger partial charge in [0.25, 0.3) is 0 Å². The number of nitrogens with zero attached hydrogens (tertiary/aromatic N) is 1. The molecule has 0 amide bonds. The van der Waals surface area contributed by atoms with Crippen molar-refractivity contribution in [1.82, 2.24) is 4.31 Å². The number of nitrogens with one attached hydrogen (secondary N) is 1. The van der Waals surface area contributed by atoms with Crippen molar-refractivity contribution >= 4 is 15.9 Å². The van der Waals surface area contributed by atoms with Crippen LogP contribution in [0.25, 0.3) is 0 Å². The number of methoxy groups -OCH3 is 1. The Labute approximate surface area is 119 Å². The smallest absolute Gasteiger partial charge is 0.302 e. The molecule has 1 aliphatic heterocycles. The number of hydrogen-bond acceptors (Lipinski definition) is 4. The van der Waals surface area contributed by atoms with E-state index in [2.05, 4.69) is 4.72 Å². The Balaban J connectivity index is 2.23. The summed E-state index contributed by atoms with van der Waals surface area (Å²) >= 11 is 0. The van der Waals surface area contributed by atoms with Crippen LogP contribution in [0.1, 0.15) is 26.2 Å². The molecule has 0 spiro atoms. The summed E-state index contributed by atoms with van der Waals surface area (Å²) in [6.07, 6.45) is 2.75. The monoisotopic (exact) mass is 300 g/mol. The van der Waals surface area contributed by atoms with Gasteiger partial charge in [0.2, 0.25) is 0 Å². The first-order chi connectivity index (χ1) is 9.44. The lowest BCUT2D eigenvalue weighted by atomic mass is 10.1. The topological polar surface area (TPSA) is 78.9 Å². The molecule has 1 atom stereocenters. The van der Waals surface area contributed by atoms with Crippen LogP contribution in [0.5, 0.6) is 11.5 Å². The molecule has 2 N–H and O–H groups in total. The van der Waals surface area contributed by atoms with Crippen LogP contribution < -0.4 is 9.46 Å². The first kappa shape index (κ1) is 14.9. The maximum atomic E-state index is 12.4. The third kappa shape index (κ3) is 3.16. The molecule has 1 heterocycles. The summed E-state index contributed by atoms with van der Waals surface area (Å²) in [5.41, 5.74) is 0.127. The predicted octanol–water partition coefficient (Wildman–Crippen LogP) is 1.93. The molecule has 1 fully saturated rings. The van der Waals surface area contributed by atoms with Crippen LogP contribution >= 0.6 is 0 Å². The van der Waals surface area contributed by atoms with Crippen molar-refractivity contribution in [1.29, 1.82) is 0 Å². The maximum Gasteiger partial charge on any atom is 0.302 e. The Morgan fingerprint density at radius 2 is 2.15 bits per heavy atom. The number of ether oxygens (including phenoxy) is 1. The Kier molecular flexibility index (Phi) is 4.39. The number of phenols is 1. The molecular formula is C13H20N2O4S. The highest BCUT2D eigenvalue weighted by molar-refractivity contribution is 7.90. The summed E-state index contributed by atoms with van der Waals surface area (Å²) in [7, 11) is -2.18. The van der Waals surface area contributed by atoms with Crippen LogP contribution in [0.15, 0.2) is 18.2 Å². The first-order valence-electron chi connectivity index (χ1n) is 6.60. The van der Waals surface area contributed by atoms with Crippen LogP contribution in [-0.4, -0.2) is 37.5 Å². The summed E-state index contributed by atoms with van der Waals surface area (Å²) < 4.78 is 33.7. The van der Waals surface area contributed by atoms with Crippen molar-refractivity contribution < 1.29 is 18.3 Å². The Hall–Kier alpha value is -1.47. The minimum absolute atomic E-state index is 0.0333. The lowest BCUT2D eigenvalue weighted by molar-refractivity contribution is 0.270. The first-order valence-corrected chi connectivity index (χ1v) is 8.04. The van der Waals surface area contributed by atoms with Gasteiger partial charge in [-0.2, -0.15) is 12.7 Å². The summed E-state index contributed by atoms with van der Waals surface area (Å²) in [5, 5.41) is 9.76. The van der Waals surface area contributed by atoms with E-state index in [-0.39, 0.29) is 17.5 Å². The molecule has 1 aromatic rings. The lowest BCUT2D eigenvalue weighted by Crippen LogP contribution is -2.44. The van der Waals surface area contributed by atoms with Crippen LogP contribution in [-0.2, 0) is 10.2 Å². The minimum atomic E-state index is -3.67. The molecule has 1 aromatic carbocycles. The normalized spacial score (nSPS) is 20.6. The van der Waals surface area contributed by atoms with Gasteiger partial charge in [0, 0.05) is 18.7 Å². The van der Waals surface area contributed by atoms with Crippen LogP contribution in [0.4, 0.5) is 5.69 Å². The minimum Gasteiger partial charge on any atom is -0.506 e. The molecule has 0 radical (unpaired) electrons. The molecule has 6 nitrogen and oxygen atoms in total. The fourth-order valence-electron chi connectivity index (χ4n) is 2.35. The molecule has 1 unspecified atom stereocenters. The van der Waals surface area contributed by atoms with E-state index in [0.29, 0.717) is 12.3 Å². The molecule has 2 rings (SSSR count). The van der Waals surface area contributed by atoms with Gasteiger partial charge in [-0.15, -0.1) is 0 Å². The standard InChI is InChI=1S/C13H20N2O4S/c1-10-5-3-4-8-15(10)20(17,18)14-12-9-11(19-2)6-7-13(12)16/h6-7,9-10,14,16H,3-5,8H2,1-2H3. The molecule has 0 aromatic heterocycles. The second kappa shape index (κ2) is 5.88. The van der Waals surface area contributed by atoms with Crippen molar-refractivity contribution in [3.05, 3.63) is 18.2 Å². The SMILES string of the molecule is COc1ccc(O)c(NS(=O)(=O)N2CCCCC2C)c1. The van der Waals surface area contributed by atoms with E-state index in [0.717, 1.165) is 19.3 Å². The van der Waals surface area contributed by atoms with Gasteiger partial charge in [-0.05, 0) is 31.9 Å². The average molecular weight is 300 g/mol. The molecule has 112 valence electrons. The van der Waals surface area contributed by atoms with Crippen LogP contribution in [0.3, 0.4) is 0 Å². The van der Waals surface area contributed by atoms with Gasteiger partial charge in [0.1, 0.15) is 11.5 Å². The molecule has 7 heteroatoms. The highest BCUT2D eigenvalue weighted by atomic mass is 32.2. The van der Waals surface area contributed by atoms with Crippen molar-refractivity contribution in [2.24, 2.45) is 0 Å². The summed E-state index contributed by atoms with van der Waals surface area (Å²) in [4.78, 5) is 0. The van der Waals surface area contributed by atoms with Gasteiger partial charge >= 0.3 is 10.2 Å². The fourth-order valence-corrected chi connectivity index (χ4v) is 3.86. The zero-order valence-electron chi connectivity index (χ0n) is 11.7. The molecular weight excluding hydrogens is 280 g/mol. The number of anilines is 1. The van der Waals surface area contributed by atoms with Gasteiger partial charge in [-0.3, -0.25) is 4.72 Å². The Morgan fingerprint density at radius 3 is 2.80 bits per heavy atom. The van der Waals surface area contributed by atoms with E-state index in [4.69, 9.17) is 4.74 Å².